The van der Waals surface area contributed by atoms with Crippen molar-refractivity contribution in [3.05, 3.63) is 30.1 Å². The molecule has 2 N–H and O–H groups in total. The third kappa shape index (κ3) is 8.70. The summed E-state index contributed by atoms with van der Waals surface area (Å²) < 4.78 is 18.5. The average molecular weight is 562 g/mol. The number of aliphatic imine (C=N–C) groups is 1. The van der Waals surface area contributed by atoms with Gasteiger partial charge in [0.1, 0.15) is 5.82 Å². The van der Waals surface area contributed by atoms with Gasteiger partial charge >= 0.3 is 0 Å². The van der Waals surface area contributed by atoms with Crippen molar-refractivity contribution in [1.82, 2.24) is 20.4 Å². The van der Waals surface area contributed by atoms with Gasteiger partial charge in [-0.1, -0.05) is 0 Å². The van der Waals surface area contributed by atoms with Gasteiger partial charge in [0.25, 0.3) is 0 Å². The summed E-state index contributed by atoms with van der Waals surface area (Å²) in [5.74, 6) is 0.673. The van der Waals surface area contributed by atoms with Gasteiger partial charge in [0.2, 0.25) is 5.91 Å². The van der Waals surface area contributed by atoms with Crippen LogP contribution < -0.4 is 15.5 Å². The fourth-order valence-corrected chi connectivity index (χ4v) is 3.78. The number of benzene rings is 1. The highest BCUT2D eigenvalue weighted by Gasteiger charge is 2.21. The summed E-state index contributed by atoms with van der Waals surface area (Å²) in [6.45, 7) is 11.4. The molecule has 1 aromatic carbocycles. The van der Waals surface area contributed by atoms with Crippen molar-refractivity contribution in [1.29, 1.82) is 0 Å². The van der Waals surface area contributed by atoms with Crippen LogP contribution in [0.5, 0.6) is 0 Å². The molecule has 180 valence electrons. The Bertz CT molecular complexity index is 707. The number of guanidine groups is 1. The van der Waals surface area contributed by atoms with E-state index in [1.807, 2.05) is 11.8 Å². The van der Waals surface area contributed by atoms with Crippen LogP contribution in [0.15, 0.2) is 29.3 Å². The van der Waals surface area contributed by atoms with Crippen LogP contribution in [0.2, 0.25) is 0 Å². The van der Waals surface area contributed by atoms with Crippen LogP contribution in [0.4, 0.5) is 10.1 Å². The van der Waals surface area contributed by atoms with Crippen LogP contribution in [0.1, 0.15) is 13.3 Å². The van der Waals surface area contributed by atoms with E-state index in [9.17, 15) is 9.18 Å². The summed E-state index contributed by atoms with van der Waals surface area (Å²) in [5.41, 5.74) is 0.999. The number of hydrogen-bond donors (Lipinski definition) is 2. The smallest absolute Gasteiger partial charge is 0.224 e. The van der Waals surface area contributed by atoms with Gasteiger partial charge in [0.15, 0.2) is 5.96 Å². The van der Waals surface area contributed by atoms with E-state index in [1.165, 1.54) is 12.1 Å². The van der Waals surface area contributed by atoms with Crippen LogP contribution in [0.25, 0.3) is 0 Å². The minimum atomic E-state index is -0.230. The lowest BCUT2D eigenvalue weighted by Gasteiger charge is -2.36. The molecule has 2 aliphatic rings. The Hall–Kier alpha value is -1.66. The maximum Gasteiger partial charge on any atom is 0.224 e. The minimum Gasteiger partial charge on any atom is -0.379 e. The number of hydrogen-bond acceptors (Lipinski definition) is 5. The molecule has 2 fully saturated rings. The molecule has 10 heteroatoms. The quantitative estimate of drug-likeness (QED) is 0.284. The lowest BCUT2D eigenvalue weighted by atomic mass is 10.2. The van der Waals surface area contributed by atoms with Crippen LogP contribution in [0.3, 0.4) is 0 Å². The predicted molar refractivity (Wildman–Crippen MR) is 136 cm³/mol. The lowest BCUT2D eigenvalue weighted by molar-refractivity contribution is -0.131. The Kier molecular flexibility index (Phi) is 12.0. The molecule has 0 saturated carbocycles. The van der Waals surface area contributed by atoms with E-state index in [0.717, 1.165) is 64.1 Å². The van der Waals surface area contributed by atoms with Gasteiger partial charge in [-0.15, -0.1) is 24.0 Å². The Morgan fingerprint density at radius 1 is 1.06 bits per heavy atom. The summed E-state index contributed by atoms with van der Waals surface area (Å²) in [7, 11) is 0. The van der Waals surface area contributed by atoms with Crippen molar-refractivity contribution >= 4 is 41.5 Å². The molecule has 2 saturated heterocycles. The van der Waals surface area contributed by atoms with Crippen LogP contribution in [-0.2, 0) is 9.53 Å². The molecule has 0 radical (unpaired) electrons. The maximum absolute atomic E-state index is 13.1. The molecular weight excluding hydrogens is 526 g/mol. The molecule has 0 atom stereocenters. The Labute approximate surface area is 207 Å². The molecule has 0 aliphatic carbocycles. The van der Waals surface area contributed by atoms with E-state index >= 15 is 0 Å². The van der Waals surface area contributed by atoms with Crippen LogP contribution >= 0.6 is 24.0 Å². The highest BCUT2D eigenvalue weighted by molar-refractivity contribution is 14.0. The molecule has 1 amide bonds. The molecule has 32 heavy (non-hydrogen) atoms. The SMILES string of the molecule is CCNC(=NCCN1CCOCC1)NCCC(=O)N1CCN(c2ccc(F)cc2)CC1.I. The number of rotatable bonds is 8. The monoisotopic (exact) mass is 562 g/mol. The largest absolute Gasteiger partial charge is 0.379 e. The molecule has 8 nitrogen and oxygen atoms in total. The molecule has 2 aliphatic heterocycles. The second-order valence-corrected chi connectivity index (χ2v) is 7.74. The second-order valence-electron chi connectivity index (χ2n) is 7.74. The fourth-order valence-electron chi connectivity index (χ4n) is 3.78. The number of piperazine rings is 1. The minimum absolute atomic E-state index is 0. The highest BCUT2D eigenvalue weighted by atomic mass is 127. The van der Waals surface area contributed by atoms with E-state index in [0.29, 0.717) is 32.6 Å². The van der Waals surface area contributed by atoms with Gasteiger partial charge < -0.3 is 25.2 Å². The zero-order chi connectivity index (χ0) is 21.9. The van der Waals surface area contributed by atoms with Crippen molar-refractivity contribution in [3.63, 3.8) is 0 Å². The lowest BCUT2D eigenvalue weighted by Crippen LogP contribution is -2.49. The first kappa shape index (κ1) is 26.6. The number of carbonyl (C=O) groups is 1. The molecule has 3 rings (SSSR count). The normalized spacial score (nSPS) is 17.6. The highest BCUT2D eigenvalue weighted by Crippen LogP contribution is 2.17. The molecular formula is C22H36FIN6O2. The van der Waals surface area contributed by atoms with E-state index in [1.54, 1.807) is 12.1 Å². The van der Waals surface area contributed by atoms with Crippen LogP contribution in [-0.4, -0.2) is 100 Å². The molecule has 1 aromatic rings. The zero-order valence-electron chi connectivity index (χ0n) is 18.9. The second kappa shape index (κ2) is 14.5. The van der Waals surface area contributed by atoms with Gasteiger partial charge in [0.05, 0.1) is 19.8 Å². The van der Waals surface area contributed by atoms with Crippen molar-refractivity contribution in [2.75, 3.05) is 83.6 Å². The number of ether oxygens (including phenoxy) is 1. The third-order valence-corrected chi connectivity index (χ3v) is 5.59. The van der Waals surface area contributed by atoms with Gasteiger partial charge in [-0.05, 0) is 31.2 Å². The van der Waals surface area contributed by atoms with Gasteiger partial charge in [-0.3, -0.25) is 14.7 Å². The summed E-state index contributed by atoms with van der Waals surface area (Å²) in [5, 5.41) is 6.51. The number of anilines is 1. The van der Waals surface area contributed by atoms with Crippen LogP contribution in [0, 0.1) is 5.82 Å². The van der Waals surface area contributed by atoms with Crippen molar-refractivity contribution in [2.24, 2.45) is 4.99 Å². The third-order valence-electron chi connectivity index (χ3n) is 5.59. The Morgan fingerprint density at radius 2 is 1.75 bits per heavy atom. The number of amides is 1. The molecule has 0 spiro atoms. The van der Waals surface area contributed by atoms with Crippen molar-refractivity contribution in [3.8, 4) is 0 Å². The fraction of sp³-hybridized carbons (Fsp3) is 0.636. The number of morpholine rings is 1. The van der Waals surface area contributed by atoms with Gasteiger partial charge in [-0.25, -0.2) is 4.39 Å². The summed E-state index contributed by atoms with van der Waals surface area (Å²) in [4.78, 5) is 23.7. The summed E-state index contributed by atoms with van der Waals surface area (Å²) in [6.07, 6.45) is 0.435. The first-order valence-corrected chi connectivity index (χ1v) is 11.3. The Morgan fingerprint density at radius 3 is 2.41 bits per heavy atom. The molecule has 2 heterocycles. The Balaban J connectivity index is 0.00000363. The summed E-state index contributed by atoms with van der Waals surface area (Å²) >= 11 is 0. The van der Waals surface area contributed by atoms with Crippen molar-refractivity contribution in [2.45, 2.75) is 13.3 Å². The van der Waals surface area contributed by atoms with Crippen molar-refractivity contribution < 1.29 is 13.9 Å². The number of nitrogens with zero attached hydrogens (tertiary/aromatic N) is 4. The first-order chi connectivity index (χ1) is 15.2. The molecule has 0 unspecified atom stereocenters. The predicted octanol–water partition coefficient (Wildman–Crippen LogP) is 1.37. The van der Waals surface area contributed by atoms with E-state index in [-0.39, 0.29) is 35.7 Å². The van der Waals surface area contributed by atoms with E-state index in [4.69, 9.17) is 4.74 Å². The first-order valence-electron chi connectivity index (χ1n) is 11.3. The standard InChI is InChI=1S/C22H35FN6O2.HI/c1-2-24-22(26-9-10-27-15-17-31-18-16-27)25-8-7-21(30)29-13-11-28(12-14-29)20-5-3-19(23)4-6-20;/h3-6H,2,7-18H2,1H3,(H2,24,25,26);1H. The van der Waals surface area contributed by atoms with Gasteiger partial charge in [-0.2, -0.15) is 0 Å². The van der Waals surface area contributed by atoms with E-state index in [2.05, 4.69) is 25.4 Å². The number of halogens is 2. The maximum atomic E-state index is 13.1. The number of nitrogens with one attached hydrogen (secondary N) is 2. The summed E-state index contributed by atoms with van der Waals surface area (Å²) in [6, 6.07) is 6.53. The average Bonchev–Trinajstić information content (AvgIpc) is 2.80. The number of carbonyl (C=O) groups excluding carboxylic acids is 1. The zero-order valence-corrected chi connectivity index (χ0v) is 21.2. The van der Waals surface area contributed by atoms with Gasteiger partial charge in [0, 0.05) is 71.0 Å². The van der Waals surface area contributed by atoms with E-state index < -0.39 is 0 Å². The molecule has 0 bridgehead atoms. The topological polar surface area (TPSA) is 72.4 Å². The molecule has 0 aromatic heterocycles.